The van der Waals surface area contributed by atoms with Gasteiger partial charge in [0.1, 0.15) is 11.5 Å². The first-order valence-corrected chi connectivity index (χ1v) is 11.9. The number of ether oxygens (including phenoxy) is 1. The molecular formula is C25H32Br2Cl2N2O3. The number of rotatable bonds is 5. The summed E-state index contributed by atoms with van der Waals surface area (Å²) in [6.45, 7) is 1.35. The fraction of sp³-hybridized carbons (Fsp3) is 0.520. The Morgan fingerprint density at radius 2 is 1.29 bits per heavy atom. The molecule has 3 aliphatic rings. The van der Waals surface area contributed by atoms with Gasteiger partial charge >= 0.3 is 0 Å². The first kappa shape index (κ1) is 29.5. The summed E-state index contributed by atoms with van der Waals surface area (Å²) < 4.78 is 6.28. The van der Waals surface area contributed by atoms with Crippen molar-refractivity contribution < 1.29 is 14.3 Å². The number of benzene rings is 1. The SMILES string of the molecule is Br.Br.CN(C)CC1CCC2=C(C1=O)C(c1ccc(Cl)c(Cl)c1)C1=C(CCC(CN(C)C)C1=O)O2. The van der Waals surface area contributed by atoms with Crippen LogP contribution in [0.3, 0.4) is 0 Å². The number of nitrogens with zero attached hydrogens (tertiary/aromatic N) is 2. The molecular weight excluding hydrogens is 607 g/mol. The maximum absolute atomic E-state index is 13.7. The molecule has 0 spiro atoms. The largest absolute Gasteiger partial charge is 0.465 e. The standard InChI is InChI=1S/C25H30Cl2N2O3.2BrH/c1-28(2)12-15-6-9-19-22(24(15)30)21(14-5-8-17(26)18(27)11-14)23-20(32-19)10-7-16(25(23)31)13-29(3)4;;/h5,8,11,15-16,21H,6-7,9-10,12-13H2,1-4H3;2*1H. The van der Waals surface area contributed by atoms with E-state index in [1.807, 2.05) is 44.1 Å². The van der Waals surface area contributed by atoms with E-state index in [0.717, 1.165) is 29.9 Å². The average Bonchev–Trinajstić information content (AvgIpc) is 2.72. The van der Waals surface area contributed by atoms with Crippen molar-refractivity contribution in [1.29, 1.82) is 0 Å². The molecule has 9 heteroatoms. The molecule has 1 aromatic rings. The molecule has 0 aromatic heterocycles. The van der Waals surface area contributed by atoms with E-state index >= 15 is 0 Å². The topological polar surface area (TPSA) is 49.9 Å². The van der Waals surface area contributed by atoms with E-state index in [2.05, 4.69) is 0 Å². The number of ketones is 2. The van der Waals surface area contributed by atoms with Gasteiger partial charge in [0.25, 0.3) is 0 Å². The molecule has 0 saturated carbocycles. The summed E-state index contributed by atoms with van der Waals surface area (Å²) in [6, 6.07) is 5.41. The Morgan fingerprint density at radius 3 is 1.71 bits per heavy atom. The minimum Gasteiger partial charge on any atom is -0.465 e. The van der Waals surface area contributed by atoms with Gasteiger partial charge < -0.3 is 14.5 Å². The van der Waals surface area contributed by atoms with Crippen molar-refractivity contribution in [2.24, 2.45) is 11.8 Å². The summed E-state index contributed by atoms with van der Waals surface area (Å²) in [7, 11) is 7.90. The van der Waals surface area contributed by atoms with Crippen molar-refractivity contribution in [2.45, 2.75) is 31.6 Å². The predicted octanol–water partition coefficient (Wildman–Crippen LogP) is 5.85. The highest BCUT2D eigenvalue weighted by molar-refractivity contribution is 8.93. The summed E-state index contributed by atoms with van der Waals surface area (Å²) >= 11 is 12.6. The van der Waals surface area contributed by atoms with E-state index in [1.165, 1.54) is 0 Å². The number of Topliss-reactive ketones (excluding diaryl/α,β-unsaturated/α-hetero) is 2. The molecule has 1 heterocycles. The molecule has 188 valence electrons. The van der Waals surface area contributed by atoms with Crippen LogP contribution in [0.4, 0.5) is 0 Å². The number of hydrogen-bond acceptors (Lipinski definition) is 5. The minimum absolute atomic E-state index is 0. The Balaban J connectivity index is 0.00000204. The van der Waals surface area contributed by atoms with Crippen LogP contribution in [0, 0.1) is 11.8 Å². The second-order valence-electron chi connectivity index (χ2n) is 9.61. The molecule has 34 heavy (non-hydrogen) atoms. The van der Waals surface area contributed by atoms with E-state index in [0.29, 0.717) is 47.1 Å². The van der Waals surface area contributed by atoms with Gasteiger partial charge in [-0.3, -0.25) is 9.59 Å². The van der Waals surface area contributed by atoms with E-state index in [4.69, 9.17) is 27.9 Å². The van der Waals surface area contributed by atoms with Gasteiger partial charge in [0.05, 0.1) is 10.0 Å². The van der Waals surface area contributed by atoms with Crippen LogP contribution < -0.4 is 0 Å². The van der Waals surface area contributed by atoms with Crippen LogP contribution in [0.15, 0.2) is 40.9 Å². The summed E-state index contributed by atoms with van der Waals surface area (Å²) in [5.74, 6) is 0.901. The molecule has 2 unspecified atom stereocenters. The van der Waals surface area contributed by atoms with E-state index in [9.17, 15) is 9.59 Å². The van der Waals surface area contributed by atoms with Gasteiger partial charge in [-0.15, -0.1) is 34.0 Å². The monoisotopic (exact) mass is 636 g/mol. The highest BCUT2D eigenvalue weighted by Gasteiger charge is 2.46. The van der Waals surface area contributed by atoms with Crippen molar-refractivity contribution in [3.05, 3.63) is 56.5 Å². The Labute approximate surface area is 233 Å². The van der Waals surface area contributed by atoms with Gasteiger partial charge in [-0.25, -0.2) is 0 Å². The van der Waals surface area contributed by atoms with Gasteiger partial charge in [-0.2, -0.15) is 0 Å². The molecule has 0 fully saturated rings. The van der Waals surface area contributed by atoms with Crippen molar-refractivity contribution in [1.82, 2.24) is 9.80 Å². The van der Waals surface area contributed by atoms with Crippen LogP contribution in [-0.2, 0) is 14.3 Å². The lowest BCUT2D eigenvalue weighted by Gasteiger charge is -2.40. The zero-order chi connectivity index (χ0) is 23.2. The Bertz CT molecular complexity index is 969. The van der Waals surface area contributed by atoms with Crippen molar-refractivity contribution in [2.75, 3.05) is 41.3 Å². The molecule has 5 nitrogen and oxygen atoms in total. The molecule has 0 amide bonds. The first-order valence-electron chi connectivity index (χ1n) is 11.1. The number of halogens is 4. The van der Waals surface area contributed by atoms with Crippen LogP contribution in [0.25, 0.3) is 0 Å². The summed E-state index contributed by atoms with van der Waals surface area (Å²) in [4.78, 5) is 31.5. The van der Waals surface area contributed by atoms with Crippen LogP contribution in [0.5, 0.6) is 0 Å². The van der Waals surface area contributed by atoms with Gasteiger partial charge in [-0.1, -0.05) is 29.3 Å². The molecule has 2 aliphatic carbocycles. The Morgan fingerprint density at radius 1 is 0.824 bits per heavy atom. The number of hydrogen-bond donors (Lipinski definition) is 0. The number of allylic oxidation sites excluding steroid dienone is 4. The molecule has 4 rings (SSSR count). The summed E-state index contributed by atoms with van der Waals surface area (Å²) in [6.07, 6.45) is 2.90. The summed E-state index contributed by atoms with van der Waals surface area (Å²) in [5.41, 5.74) is 2.07. The molecule has 0 saturated heterocycles. The maximum Gasteiger partial charge on any atom is 0.167 e. The molecule has 0 N–H and O–H groups in total. The zero-order valence-corrected chi connectivity index (χ0v) is 24.8. The third-order valence-corrected chi connectivity index (χ3v) is 7.32. The van der Waals surface area contributed by atoms with Gasteiger partial charge in [-0.05, 0) is 58.7 Å². The van der Waals surface area contributed by atoms with E-state index in [1.54, 1.807) is 12.1 Å². The maximum atomic E-state index is 13.7. The highest BCUT2D eigenvalue weighted by atomic mass is 79.9. The third-order valence-electron chi connectivity index (χ3n) is 6.58. The fourth-order valence-corrected chi connectivity index (χ4v) is 5.53. The molecule has 0 bridgehead atoms. The average molecular weight is 639 g/mol. The lowest BCUT2D eigenvalue weighted by molar-refractivity contribution is -0.122. The highest BCUT2D eigenvalue weighted by Crippen LogP contribution is 2.50. The number of carbonyl (C=O) groups is 2. The predicted molar refractivity (Wildman–Crippen MR) is 148 cm³/mol. The van der Waals surface area contributed by atoms with E-state index < -0.39 is 5.92 Å². The van der Waals surface area contributed by atoms with E-state index in [-0.39, 0.29) is 57.4 Å². The zero-order valence-electron chi connectivity index (χ0n) is 19.9. The quantitative estimate of drug-likeness (QED) is 0.405. The van der Waals surface area contributed by atoms with Gasteiger partial charge in [0.15, 0.2) is 11.6 Å². The summed E-state index contributed by atoms with van der Waals surface area (Å²) in [5, 5.41) is 0.868. The Hall–Kier alpha value is -0.700. The van der Waals surface area contributed by atoms with Crippen LogP contribution in [-0.4, -0.2) is 62.6 Å². The van der Waals surface area contributed by atoms with Crippen LogP contribution in [0.2, 0.25) is 10.0 Å². The lowest BCUT2D eigenvalue weighted by atomic mass is 9.69. The fourth-order valence-electron chi connectivity index (χ4n) is 5.22. The van der Waals surface area contributed by atoms with Crippen molar-refractivity contribution in [3.8, 4) is 0 Å². The smallest absolute Gasteiger partial charge is 0.167 e. The molecule has 1 aliphatic heterocycles. The third kappa shape index (κ3) is 5.81. The van der Waals surface area contributed by atoms with Crippen molar-refractivity contribution >= 4 is 68.7 Å². The lowest BCUT2D eigenvalue weighted by Crippen LogP contribution is -2.40. The van der Waals surface area contributed by atoms with Crippen molar-refractivity contribution in [3.63, 3.8) is 0 Å². The molecule has 2 atom stereocenters. The number of carbonyl (C=O) groups excluding carboxylic acids is 2. The van der Waals surface area contributed by atoms with Gasteiger partial charge in [0.2, 0.25) is 0 Å². The second-order valence-corrected chi connectivity index (χ2v) is 10.4. The normalized spacial score (nSPS) is 24.4. The van der Waals surface area contributed by atoms with Crippen LogP contribution >= 0.6 is 57.2 Å². The van der Waals surface area contributed by atoms with Gasteiger partial charge in [0, 0.05) is 54.8 Å². The minimum atomic E-state index is -0.460. The van der Waals surface area contributed by atoms with Crippen LogP contribution in [0.1, 0.15) is 37.2 Å². The molecule has 1 aromatic carbocycles. The molecule has 0 radical (unpaired) electrons. The first-order chi connectivity index (χ1) is 15.2. The Kier molecular flexibility index (Phi) is 10.4. The second kappa shape index (κ2) is 12.0.